The lowest BCUT2D eigenvalue weighted by molar-refractivity contribution is -0.386. The first-order chi connectivity index (χ1) is 59.6. The molecule has 13 heterocycles. The molecule has 39 nitrogen and oxygen atoms in total. The first-order valence-corrected chi connectivity index (χ1v) is 39.0. The van der Waals surface area contributed by atoms with E-state index in [2.05, 4.69) is 85.7 Å². The number of rotatable bonds is 22. The second kappa shape index (κ2) is 49.5. The van der Waals surface area contributed by atoms with E-state index < -0.39 is 49.6 Å². The number of hydrogen-bond acceptors (Lipinski definition) is 34. The minimum Gasteiger partial charge on any atom is -0.465 e. The molecule has 0 spiro atoms. The number of aromatic nitrogens is 10. The van der Waals surface area contributed by atoms with Gasteiger partial charge in [0.2, 0.25) is 11.6 Å². The number of carbonyl (C=O) groups excluding carboxylic acids is 3. The molecular weight excluding hydrogens is 1630 g/mol. The molecular formula is C83H90BClN20O19. The van der Waals surface area contributed by atoms with Crippen molar-refractivity contribution >= 4 is 82.2 Å². The van der Waals surface area contributed by atoms with Crippen LogP contribution in [-0.4, -0.2) is 210 Å². The molecule has 0 saturated carbocycles. The van der Waals surface area contributed by atoms with E-state index in [1.165, 1.54) is 61.5 Å². The number of piperidine rings is 3. The van der Waals surface area contributed by atoms with E-state index in [1.807, 2.05) is 12.1 Å². The Hall–Kier alpha value is -14.2. The second-order valence-corrected chi connectivity index (χ2v) is 28.5. The first-order valence-electron chi connectivity index (χ1n) is 38.6. The van der Waals surface area contributed by atoms with Crippen molar-refractivity contribution in [3.05, 3.63) is 286 Å². The summed E-state index contributed by atoms with van der Waals surface area (Å²) in [7, 11) is 4.87. The number of aliphatic hydroxyl groups is 1. The number of pyridine rings is 10. The lowest BCUT2D eigenvalue weighted by atomic mass is 9.82. The van der Waals surface area contributed by atoms with E-state index in [-0.39, 0.29) is 81.6 Å². The molecule has 0 aliphatic carbocycles. The van der Waals surface area contributed by atoms with Crippen LogP contribution in [0.5, 0.6) is 5.75 Å². The molecule has 0 radical (unpaired) electrons. The zero-order chi connectivity index (χ0) is 89.5. The highest BCUT2D eigenvalue weighted by molar-refractivity contribution is 6.58. The van der Waals surface area contributed by atoms with Crippen LogP contribution in [0.1, 0.15) is 55.6 Å². The summed E-state index contributed by atoms with van der Waals surface area (Å²) in [5.41, 5.74) is 15.4. The fraction of sp³-hybridized carbons (Fsp3) is 0.289. The number of aliphatic hydroxyl groups excluding tert-OH is 1. The van der Waals surface area contributed by atoms with Gasteiger partial charge in [0.15, 0.2) is 0 Å². The van der Waals surface area contributed by atoms with Crippen LogP contribution in [0.15, 0.2) is 214 Å². The zero-order valence-corrected chi connectivity index (χ0v) is 68.5. The fourth-order valence-corrected chi connectivity index (χ4v) is 12.3. The number of nitrogens with two attached hydrogens (primary N) is 2. The number of anilines is 2. The maximum atomic E-state index is 12.2. The summed E-state index contributed by atoms with van der Waals surface area (Å²) >= 11 is 5.41. The molecule has 1 aromatic carbocycles. The second-order valence-electron chi connectivity index (χ2n) is 28.1. The molecule has 3 aliphatic rings. The number of esters is 3. The summed E-state index contributed by atoms with van der Waals surface area (Å²) in [6.45, 7) is 7.35. The van der Waals surface area contributed by atoms with Gasteiger partial charge in [-0.15, -0.1) is 0 Å². The van der Waals surface area contributed by atoms with Crippen molar-refractivity contribution < 1.29 is 68.4 Å². The normalized spacial score (nSPS) is 13.4. The molecule has 41 heteroatoms. The largest absolute Gasteiger partial charge is 0.490 e. The maximum absolute atomic E-state index is 12.2. The molecule has 124 heavy (non-hydrogen) atoms. The maximum Gasteiger partial charge on any atom is 0.490 e. The Morgan fingerprint density at radius 1 is 0.411 bits per heavy atom. The summed E-state index contributed by atoms with van der Waals surface area (Å²) in [6.07, 6.45) is 21.5. The molecule has 7 N–H and O–H groups in total. The molecule has 3 aliphatic heterocycles. The average molecular weight is 1720 g/mol. The number of benzene rings is 1. The van der Waals surface area contributed by atoms with Crippen LogP contribution in [-0.2, 0) is 43.1 Å². The molecule has 3 saturated heterocycles. The topological polar surface area (TPSA) is 546 Å². The van der Waals surface area contributed by atoms with Gasteiger partial charge in [-0.25, -0.2) is 24.9 Å². The number of ether oxygens (including phenoxy) is 3. The molecule has 0 bridgehead atoms. The van der Waals surface area contributed by atoms with Crippen LogP contribution in [0.3, 0.4) is 0 Å². The smallest absolute Gasteiger partial charge is 0.465 e. The van der Waals surface area contributed by atoms with Crippen molar-refractivity contribution in [2.24, 2.45) is 17.8 Å². The highest BCUT2D eigenvalue weighted by atomic mass is 35.5. The summed E-state index contributed by atoms with van der Waals surface area (Å²) in [5, 5.41) is 80.5. The SMILES string of the molecule is CN1CCC(CO)CC1.CN1CCC(COC(=O)Cc2nc(-c3cccnc3)ccc2[N+](=O)[O-])CC1.CN1CCC(COC(=O)Cc2nc(-c3cccnc3)ccc2[N+](=O)[O-])CC1.Nc1nc(-c2cccnc2)ccc1[N+](=O)[O-].Nc1nc(Cl)ccc1[N+](=O)[O-].O=C(Cc1nc(-c2cccnc2)ccc1[N+](=O)[O-])Oc1ccccc1.OB(O)c1cccnc1. The minimum atomic E-state index is -1.40. The van der Waals surface area contributed by atoms with Crippen molar-refractivity contribution in [2.45, 2.75) is 57.8 Å². The monoisotopic (exact) mass is 1720 g/mol. The quantitative estimate of drug-likeness (QED) is 0.0105. The van der Waals surface area contributed by atoms with Crippen LogP contribution < -0.4 is 21.7 Å². The molecule has 0 atom stereocenters. The van der Waals surface area contributed by atoms with Crippen molar-refractivity contribution in [1.82, 2.24) is 64.5 Å². The predicted molar refractivity (Wildman–Crippen MR) is 458 cm³/mol. The van der Waals surface area contributed by atoms with Crippen molar-refractivity contribution in [1.29, 1.82) is 0 Å². The van der Waals surface area contributed by atoms with Gasteiger partial charge in [0.1, 0.15) is 28.0 Å². The zero-order valence-electron chi connectivity index (χ0n) is 67.7. The molecule has 14 rings (SSSR count). The van der Waals surface area contributed by atoms with Gasteiger partial charge < -0.3 is 55.5 Å². The molecule has 0 unspecified atom stereocenters. The lowest BCUT2D eigenvalue weighted by Gasteiger charge is -2.28. The number of nitrogen functional groups attached to an aromatic ring is 2. The number of nitro groups is 5. The van der Waals surface area contributed by atoms with E-state index in [9.17, 15) is 65.0 Å². The summed E-state index contributed by atoms with van der Waals surface area (Å²) in [4.78, 5) is 135. The molecule has 646 valence electrons. The Kier molecular flexibility index (Phi) is 38.1. The average Bonchev–Trinajstić information content (AvgIpc) is 0.836. The Labute approximate surface area is 716 Å². The van der Waals surface area contributed by atoms with Crippen LogP contribution in [0.2, 0.25) is 5.15 Å². The Bertz CT molecular complexity index is 5160. The van der Waals surface area contributed by atoms with E-state index in [0.29, 0.717) is 77.1 Å². The number of para-hydroxylation sites is 1. The van der Waals surface area contributed by atoms with Crippen molar-refractivity contribution in [3.8, 4) is 50.8 Å². The van der Waals surface area contributed by atoms with Crippen LogP contribution in [0.25, 0.3) is 45.0 Å². The number of hydrogen-bond donors (Lipinski definition) is 5. The highest BCUT2D eigenvalue weighted by Gasteiger charge is 2.27. The molecule has 0 amide bonds. The van der Waals surface area contributed by atoms with Gasteiger partial charge in [0.25, 0.3) is 17.1 Å². The number of nitrogens with zero attached hydrogens (tertiary/aromatic N) is 18. The van der Waals surface area contributed by atoms with Gasteiger partial charge in [-0.2, -0.15) is 0 Å². The van der Waals surface area contributed by atoms with Crippen LogP contribution >= 0.6 is 11.6 Å². The third-order valence-corrected chi connectivity index (χ3v) is 19.3. The van der Waals surface area contributed by atoms with E-state index >= 15 is 0 Å². The molecule has 3 fully saturated rings. The fourth-order valence-electron chi connectivity index (χ4n) is 12.1. The first kappa shape index (κ1) is 95.3. The van der Waals surface area contributed by atoms with Gasteiger partial charge in [-0.05, 0) is 214 Å². The van der Waals surface area contributed by atoms with E-state index in [1.54, 1.807) is 153 Å². The Morgan fingerprint density at radius 2 is 0.726 bits per heavy atom. The summed E-state index contributed by atoms with van der Waals surface area (Å²) in [6, 6.07) is 40.1. The predicted octanol–water partition coefficient (Wildman–Crippen LogP) is 10.1. The Morgan fingerprint density at radius 3 is 1.02 bits per heavy atom. The van der Waals surface area contributed by atoms with Crippen LogP contribution in [0.4, 0.5) is 40.1 Å². The highest BCUT2D eigenvalue weighted by Crippen LogP contribution is 2.30. The third-order valence-electron chi connectivity index (χ3n) is 19.1. The third kappa shape index (κ3) is 31.8. The van der Waals surface area contributed by atoms with Crippen LogP contribution in [0, 0.1) is 68.3 Å². The van der Waals surface area contributed by atoms with Gasteiger partial charge >= 0.3 is 36.4 Å². The number of carbonyl (C=O) groups is 3. The van der Waals surface area contributed by atoms with E-state index in [4.69, 9.17) is 52.4 Å². The van der Waals surface area contributed by atoms with Gasteiger partial charge in [-0.1, -0.05) is 35.9 Å². The van der Waals surface area contributed by atoms with Gasteiger partial charge in [0, 0.05) is 127 Å². The molecule has 11 aromatic rings. The number of halogens is 1. The lowest BCUT2D eigenvalue weighted by Crippen LogP contribution is -2.32. The van der Waals surface area contributed by atoms with E-state index in [0.717, 1.165) is 81.6 Å². The summed E-state index contributed by atoms with van der Waals surface area (Å²) in [5.74, 6) is -0.218. The van der Waals surface area contributed by atoms with Crippen molar-refractivity contribution in [3.63, 3.8) is 0 Å². The van der Waals surface area contributed by atoms with Gasteiger partial charge in [-0.3, -0.25) is 89.9 Å². The standard InChI is InChI=1S/2C19H22N4O4.C18H13N3O4.C10H8N4O2.C7H15NO.C5H6BNO2.C5H4ClN3O2/c2*1-22-9-6-14(7-10-22)13-27-19(24)11-17-18(23(25)26)5-4-16(21-17)15-3-2-8-20-12-15;22-18(25-14-6-2-1-3-7-14)11-16-17(21(23)24)9-8-15(20-16)13-5-4-10-19-12-13;11-10-9(14(15)16)4-3-8(13-10)7-2-1-5-12-6-7;1-8-4-2-7(6-9)3-5-8;8-6(9)5-2-1-3-7-4-5;6-4-2-1-3(9(10)11)5(7)8-4/h2*2-5,8,12,14H,6-7,9-11,13H2,1H3;1-10,12H,11H2;1-6H,(H2,11,13);7,9H,2-6H2,1H3;1-4,8-9H;1-2H,(H2,7,8). The molecule has 10 aromatic heterocycles. The minimum absolute atomic E-state index is 0.0484. The van der Waals surface area contributed by atoms with Gasteiger partial charge in [0.05, 0.1) is 79.9 Å². The van der Waals surface area contributed by atoms with Crippen molar-refractivity contribution in [2.75, 3.05) is 91.7 Å². The number of likely N-dealkylation sites (tertiary alicyclic amines) is 3. The Balaban J connectivity index is 0.000000187. The summed E-state index contributed by atoms with van der Waals surface area (Å²) < 4.78 is 15.9.